The second-order valence-corrected chi connectivity index (χ2v) is 5.31. The highest BCUT2D eigenvalue weighted by atomic mass is 16.6. The Morgan fingerprint density at radius 2 is 1.88 bits per heavy atom. The maximum Gasteiger partial charge on any atom is 0.433 e. The van der Waals surface area contributed by atoms with Crippen LogP contribution >= 0.6 is 0 Å². The van der Waals surface area contributed by atoms with Crippen LogP contribution in [0.3, 0.4) is 0 Å². The number of hydrogen-bond donors (Lipinski definition) is 2. The van der Waals surface area contributed by atoms with Gasteiger partial charge in [-0.05, 0) is 37.1 Å². The number of ether oxygens (including phenoxy) is 1. The molecule has 0 aliphatic heterocycles. The first kappa shape index (κ1) is 18.7. The van der Waals surface area contributed by atoms with E-state index in [1.165, 1.54) is 18.2 Å². The van der Waals surface area contributed by atoms with Gasteiger partial charge in [0.15, 0.2) is 6.61 Å². The molecule has 2 rings (SSSR count). The first-order chi connectivity index (χ1) is 12.4. The van der Waals surface area contributed by atoms with Gasteiger partial charge in [0, 0.05) is 6.08 Å². The molecule has 0 atom stereocenters. The molecule has 136 valence electrons. The minimum absolute atomic E-state index is 0.136. The van der Waals surface area contributed by atoms with Gasteiger partial charge in [-0.3, -0.25) is 30.6 Å². The zero-order valence-electron chi connectivity index (χ0n) is 14.1. The van der Waals surface area contributed by atoms with E-state index in [-0.39, 0.29) is 12.4 Å². The molecule has 2 amide bonds. The molecule has 0 radical (unpaired) electrons. The summed E-state index contributed by atoms with van der Waals surface area (Å²) in [6.45, 7) is 3.47. The summed E-state index contributed by atoms with van der Waals surface area (Å²) in [5.41, 5.74) is 6.17. The van der Waals surface area contributed by atoms with Gasteiger partial charge in [-0.2, -0.15) is 0 Å². The molecule has 0 unspecified atom stereocenters. The summed E-state index contributed by atoms with van der Waals surface area (Å²) in [5, 5.41) is 10.5. The summed E-state index contributed by atoms with van der Waals surface area (Å²) >= 11 is 0. The van der Waals surface area contributed by atoms with Crippen LogP contribution in [-0.4, -0.2) is 23.3 Å². The zero-order valence-corrected chi connectivity index (χ0v) is 14.1. The lowest BCUT2D eigenvalue weighted by atomic mass is 10.1. The number of furan rings is 1. The number of para-hydroxylation sites is 1. The summed E-state index contributed by atoms with van der Waals surface area (Å²) in [4.78, 5) is 33.1. The van der Waals surface area contributed by atoms with Crippen molar-refractivity contribution in [3.63, 3.8) is 0 Å². The maximum absolute atomic E-state index is 11.7. The van der Waals surface area contributed by atoms with Crippen molar-refractivity contribution in [1.29, 1.82) is 0 Å². The minimum atomic E-state index is -0.687. The van der Waals surface area contributed by atoms with Crippen LogP contribution in [0.15, 0.2) is 40.8 Å². The van der Waals surface area contributed by atoms with Gasteiger partial charge >= 0.3 is 5.88 Å². The number of carbonyl (C=O) groups excluding carboxylic acids is 2. The quantitative estimate of drug-likeness (QED) is 0.462. The van der Waals surface area contributed by atoms with Crippen LogP contribution in [0.2, 0.25) is 0 Å². The molecule has 1 aromatic carbocycles. The van der Waals surface area contributed by atoms with Crippen LogP contribution in [0.4, 0.5) is 5.88 Å². The highest BCUT2D eigenvalue weighted by Gasteiger charge is 2.10. The highest BCUT2D eigenvalue weighted by molar-refractivity contribution is 5.92. The van der Waals surface area contributed by atoms with E-state index in [1.807, 2.05) is 32.0 Å². The highest BCUT2D eigenvalue weighted by Crippen LogP contribution is 2.22. The molecule has 1 aromatic heterocycles. The van der Waals surface area contributed by atoms with Gasteiger partial charge < -0.3 is 9.15 Å². The van der Waals surface area contributed by atoms with E-state index in [2.05, 4.69) is 10.9 Å². The monoisotopic (exact) mass is 359 g/mol. The molecule has 9 heteroatoms. The summed E-state index contributed by atoms with van der Waals surface area (Å²) < 4.78 is 10.3. The number of aryl methyl sites for hydroxylation is 2. The predicted octanol–water partition coefficient (Wildman–Crippen LogP) is 2.04. The van der Waals surface area contributed by atoms with Crippen molar-refractivity contribution in [3.8, 4) is 5.75 Å². The van der Waals surface area contributed by atoms with Crippen molar-refractivity contribution >= 4 is 23.8 Å². The third-order valence-electron chi connectivity index (χ3n) is 3.27. The fourth-order valence-corrected chi connectivity index (χ4v) is 2.06. The van der Waals surface area contributed by atoms with Gasteiger partial charge in [0.1, 0.15) is 16.4 Å². The first-order valence-electron chi connectivity index (χ1n) is 7.57. The van der Waals surface area contributed by atoms with Crippen molar-refractivity contribution in [2.75, 3.05) is 6.61 Å². The largest absolute Gasteiger partial charge is 0.483 e. The Hall–Kier alpha value is -3.62. The van der Waals surface area contributed by atoms with Crippen molar-refractivity contribution in [1.82, 2.24) is 10.9 Å². The maximum atomic E-state index is 11.7. The van der Waals surface area contributed by atoms with Gasteiger partial charge in [-0.1, -0.05) is 18.2 Å². The number of hydrogen-bond acceptors (Lipinski definition) is 6. The summed E-state index contributed by atoms with van der Waals surface area (Å²) in [6, 6.07) is 8.14. The van der Waals surface area contributed by atoms with Crippen LogP contribution in [0.1, 0.15) is 16.9 Å². The molecular weight excluding hydrogens is 342 g/mol. The van der Waals surface area contributed by atoms with E-state index < -0.39 is 22.6 Å². The average Bonchev–Trinajstić information content (AvgIpc) is 3.07. The minimum Gasteiger partial charge on any atom is -0.483 e. The van der Waals surface area contributed by atoms with E-state index in [1.54, 1.807) is 0 Å². The Balaban J connectivity index is 1.78. The van der Waals surface area contributed by atoms with Gasteiger partial charge in [-0.25, -0.2) is 0 Å². The topological polar surface area (TPSA) is 124 Å². The molecule has 0 aliphatic rings. The van der Waals surface area contributed by atoms with Crippen LogP contribution in [-0.2, 0) is 9.59 Å². The van der Waals surface area contributed by atoms with E-state index in [4.69, 9.17) is 9.15 Å². The second-order valence-electron chi connectivity index (χ2n) is 5.31. The number of nitrogens with one attached hydrogen (secondary N) is 2. The lowest BCUT2D eigenvalue weighted by molar-refractivity contribution is -0.402. The SMILES string of the molecule is Cc1cccc(C)c1OCC(=O)NNC(=O)/C=C/c1ccc([N+](=O)[O-])o1. The fraction of sp³-hybridized carbons (Fsp3) is 0.176. The van der Waals surface area contributed by atoms with E-state index in [9.17, 15) is 19.7 Å². The Kier molecular flexibility index (Phi) is 6.10. The average molecular weight is 359 g/mol. The molecule has 9 nitrogen and oxygen atoms in total. The number of carbonyl (C=O) groups is 2. The number of benzene rings is 1. The molecular formula is C17H17N3O6. The van der Waals surface area contributed by atoms with Crippen molar-refractivity contribution in [3.05, 3.63) is 63.4 Å². The number of hydrazine groups is 1. The Morgan fingerprint density at radius 3 is 2.50 bits per heavy atom. The number of nitro groups is 1. The predicted molar refractivity (Wildman–Crippen MR) is 92.1 cm³/mol. The van der Waals surface area contributed by atoms with Crippen molar-refractivity contribution < 1.29 is 23.7 Å². The molecule has 0 aliphatic carbocycles. The lowest BCUT2D eigenvalue weighted by Crippen LogP contribution is -2.43. The molecule has 0 fully saturated rings. The van der Waals surface area contributed by atoms with Crippen LogP contribution < -0.4 is 15.6 Å². The molecule has 0 saturated carbocycles. The second kappa shape index (κ2) is 8.47. The summed E-state index contributed by atoms with van der Waals surface area (Å²) in [7, 11) is 0. The number of amides is 2. The standard InChI is InChI=1S/C17H17N3O6/c1-11-4-3-5-12(2)17(11)25-10-15(22)19-18-14(21)8-6-13-7-9-16(26-13)20(23)24/h3-9H,10H2,1-2H3,(H,18,21)(H,19,22)/b8-6+. The molecule has 0 bridgehead atoms. The van der Waals surface area contributed by atoms with Crippen LogP contribution in [0.25, 0.3) is 6.08 Å². The summed E-state index contributed by atoms with van der Waals surface area (Å²) in [6.07, 6.45) is 2.30. The van der Waals surface area contributed by atoms with Gasteiger partial charge in [0.25, 0.3) is 11.8 Å². The van der Waals surface area contributed by atoms with Gasteiger partial charge in [0.05, 0.1) is 6.07 Å². The third-order valence-corrected chi connectivity index (χ3v) is 3.27. The van der Waals surface area contributed by atoms with Crippen LogP contribution in [0.5, 0.6) is 5.75 Å². The van der Waals surface area contributed by atoms with Crippen molar-refractivity contribution in [2.45, 2.75) is 13.8 Å². The molecule has 2 aromatic rings. The van der Waals surface area contributed by atoms with E-state index in [0.717, 1.165) is 17.2 Å². The van der Waals surface area contributed by atoms with E-state index in [0.29, 0.717) is 5.75 Å². The molecule has 2 N–H and O–H groups in total. The van der Waals surface area contributed by atoms with Gasteiger partial charge in [0.2, 0.25) is 0 Å². The van der Waals surface area contributed by atoms with Crippen LogP contribution in [0, 0.1) is 24.0 Å². The molecule has 0 spiro atoms. The first-order valence-corrected chi connectivity index (χ1v) is 7.57. The third kappa shape index (κ3) is 5.20. The number of rotatable bonds is 6. The smallest absolute Gasteiger partial charge is 0.433 e. The van der Waals surface area contributed by atoms with Gasteiger partial charge in [-0.15, -0.1) is 0 Å². The molecule has 1 heterocycles. The zero-order chi connectivity index (χ0) is 19.1. The Bertz CT molecular complexity index is 836. The van der Waals surface area contributed by atoms with Crippen molar-refractivity contribution in [2.24, 2.45) is 0 Å². The lowest BCUT2D eigenvalue weighted by Gasteiger charge is -2.11. The van der Waals surface area contributed by atoms with E-state index >= 15 is 0 Å². The molecule has 0 saturated heterocycles. The Morgan fingerprint density at radius 1 is 1.19 bits per heavy atom. The fourth-order valence-electron chi connectivity index (χ4n) is 2.06. The summed E-state index contributed by atoms with van der Waals surface area (Å²) in [5.74, 6) is -0.848. The normalized spacial score (nSPS) is 10.5. The Labute approximate surface area is 148 Å². The number of nitrogens with zero attached hydrogens (tertiary/aromatic N) is 1. The molecule has 26 heavy (non-hydrogen) atoms.